The smallest absolute Gasteiger partial charge is 0.310 e. The summed E-state index contributed by atoms with van der Waals surface area (Å²) in [5.41, 5.74) is 6.13. The van der Waals surface area contributed by atoms with E-state index in [2.05, 4.69) is 114 Å². The van der Waals surface area contributed by atoms with E-state index >= 15 is 0 Å². The van der Waals surface area contributed by atoms with Crippen molar-refractivity contribution < 1.29 is 9.90 Å². The Morgan fingerprint density at radius 2 is 0.794 bits per heavy atom. The Morgan fingerprint density at radius 1 is 0.559 bits per heavy atom. The first-order valence-electron chi connectivity index (χ1n) is 12.6. The summed E-state index contributed by atoms with van der Waals surface area (Å²) < 4.78 is 0. The van der Waals surface area contributed by atoms with Crippen LogP contribution in [0.2, 0.25) is 0 Å². The predicted octanol–water partition coefficient (Wildman–Crippen LogP) is 8.16. The largest absolute Gasteiger partial charge is 0.481 e. The maximum atomic E-state index is 13.0. The van der Waals surface area contributed by atoms with Gasteiger partial charge >= 0.3 is 5.97 Å². The summed E-state index contributed by atoms with van der Waals surface area (Å²) in [6, 6.07) is 25.5. The van der Waals surface area contributed by atoms with Gasteiger partial charge in [0.05, 0.1) is 5.41 Å². The Labute approximate surface area is 206 Å². The molecule has 2 nitrogen and oxygen atoms in total. The normalized spacial score (nSPS) is 12.0. The van der Waals surface area contributed by atoms with Gasteiger partial charge in [-0.05, 0) is 70.4 Å². The SMILES string of the molecule is CC(C)c1ccc(CC(Cc2ccc(C(C)C)cc2)(Cc2ccc(C(C)C)cc2)C(=O)O)cc1. The zero-order chi connectivity index (χ0) is 24.9. The highest BCUT2D eigenvalue weighted by atomic mass is 16.4. The lowest BCUT2D eigenvalue weighted by Gasteiger charge is -2.31. The molecule has 2 heteroatoms. The van der Waals surface area contributed by atoms with Gasteiger partial charge < -0.3 is 5.11 Å². The number of benzene rings is 3. The molecular formula is C32H40O2. The Morgan fingerprint density at radius 3 is 0.971 bits per heavy atom. The van der Waals surface area contributed by atoms with Crippen molar-refractivity contribution in [3.63, 3.8) is 0 Å². The number of carboxylic acids is 1. The lowest BCUT2D eigenvalue weighted by Crippen LogP contribution is -2.38. The molecule has 0 saturated carbocycles. The zero-order valence-electron chi connectivity index (χ0n) is 21.6. The Bertz CT molecular complexity index is 926. The molecule has 0 aliphatic rings. The highest BCUT2D eigenvalue weighted by molar-refractivity contribution is 5.76. The lowest BCUT2D eigenvalue weighted by molar-refractivity contribution is -0.149. The predicted molar refractivity (Wildman–Crippen MR) is 143 cm³/mol. The van der Waals surface area contributed by atoms with E-state index in [-0.39, 0.29) is 0 Å². The maximum absolute atomic E-state index is 13.0. The molecule has 0 unspecified atom stereocenters. The number of hydrogen-bond donors (Lipinski definition) is 1. The van der Waals surface area contributed by atoms with Gasteiger partial charge in [0.25, 0.3) is 0 Å². The summed E-state index contributed by atoms with van der Waals surface area (Å²) in [7, 11) is 0. The van der Waals surface area contributed by atoms with E-state index < -0.39 is 11.4 Å². The molecule has 0 aliphatic carbocycles. The average molecular weight is 457 g/mol. The first-order valence-corrected chi connectivity index (χ1v) is 12.6. The van der Waals surface area contributed by atoms with Gasteiger partial charge in [0, 0.05) is 0 Å². The van der Waals surface area contributed by atoms with Crippen molar-refractivity contribution in [2.24, 2.45) is 5.41 Å². The van der Waals surface area contributed by atoms with Crippen molar-refractivity contribution in [2.75, 3.05) is 0 Å². The number of carboxylic acid groups (broad SMARTS) is 1. The Hall–Kier alpha value is -2.87. The fraction of sp³-hybridized carbons (Fsp3) is 0.406. The lowest BCUT2D eigenvalue weighted by atomic mass is 9.72. The summed E-state index contributed by atoms with van der Waals surface area (Å²) in [4.78, 5) is 13.0. The third-order valence-corrected chi connectivity index (χ3v) is 7.02. The molecule has 0 bridgehead atoms. The van der Waals surface area contributed by atoms with Crippen molar-refractivity contribution in [3.8, 4) is 0 Å². The van der Waals surface area contributed by atoms with Gasteiger partial charge in [-0.3, -0.25) is 4.79 Å². The van der Waals surface area contributed by atoms with Crippen molar-refractivity contribution in [1.82, 2.24) is 0 Å². The van der Waals surface area contributed by atoms with Crippen LogP contribution >= 0.6 is 0 Å². The fourth-order valence-corrected chi connectivity index (χ4v) is 4.65. The third-order valence-electron chi connectivity index (χ3n) is 7.02. The van der Waals surface area contributed by atoms with Crippen LogP contribution in [0.5, 0.6) is 0 Å². The number of rotatable bonds is 10. The first-order chi connectivity index (χ1) is 16.1. The number of aliphatic carboxylic acids is 1. The molecular weight excluding hydrogens is 416 g/mol. The standard InChI is InChI=1S/C32H40O2/c1-22(2)28-13-7-25(8-14-28)19-32(31(33)34,20-26-9-15-29(16-10-26)23(3)4)21-27-11-17-30(18-12-27)24(5)6/h7-18,22-24H,19-21H2,1-6H3,(H,33,34). The van der Waals surface area contributed by atoms with Crippen LogP contribution in [0.3, 0.4) is 0 Å². The third kappa shape index (κ3) is 6.38. The molecule has 0 aliphatic heterocycles. The summed E-state index contributed by atoms with van der Waals surface area (Å²) in [6.45, 7) is 13.1. The van der Waals surface area contributed by atoms with E-state index in [4.69, 9.17) is 0 Å². The van der Waals surface area contributed by atoms with E-state index in [0.29, 0.717) is 37.0 Å². The van der Waals surface area contributed by atoms with Gasteiger partial charge in [-0.1, -0.05) is 114 Å². The van der Waals surface area contributed by atoms with Crippen molar-refractivity contribution in [1.29, 1.82) is 0 Å². The second kappa shape index (κ2) is 11.0. The molecule has 0 heterocycles. The minimum Gasteiger partial charge on any atom is -0.481 e. The summed E-state index contributed by atoms with van der Waals surface area (Å²) >= 11 is 0. The molecule has 3 rings (SSSR count). The second-order valence-corrected chi connectivity index (χ2v) is 10.8. The van der Waals surface area contributed by atoms with E-state index in [1.807, 2.05) is 0 Å². The average Bonchev–Trinajstić information content (AvgIpc) is 2.80. The number of hydrogen-bond acceptors (Lipinski definition) is 1. The van der Waals surface area contributed by atoms with Gasteiger partial charge in [0.2, 0.25) is 0 Å². The number of carbonyl (C=O) groups is 1. The van der Waals surface area contributed by atoms with Crippen LogP contribution in [0.25, 0.3) is 0 Å². The molecule has 0 radical (unpaired) electrons. The topological polar surface area (TPSA) is 37.3 Å². The quantitative estimate of drug-likeness (QED) is 0.334. The van der Waals surface area contributed by atoms with Gasteiger partial charge in [-0.25, -0.2) is 0 Å². The Balaban J connectivity index is 1.98. The zero-order valence-corrected chi connectivity index (χ0v) is 21.6. The molecule has 3 aromatic carbocycles. The van der Waals surface area contributed by atoms with Gasteiger partial charge in [0.15, 0.2) is 0 Å². The van der Waals surface area contributed by atoms with Crippen LogP contribution in [0.15, 0.2) is 72.8 Å². The van der Waals surface area contributed by atoms with Gasteiger partial charge in [-0.2, -0.15) is 0 Å². The fourth-order valence-electron chi connectivity index (χ4n) is 4.65. The van der Waals surface area contributed by atoms with Crippen molar-refractivity contribution in [3.05, 3.63) is 106 Å². The monoisotopic (exact) mass is 456 g/mol. The van der Waals surface area contributed by atoms with E-state index in [1.54, 1.807) is 0 Å². The van der Waals surface area contributed by atoms with Crippen molar-refractivity contribution >= 4 is 5.97 Å². The summed E-state index contributed by atoms with van der Waals surface area (Å²) in [6.07, 6.45) is 1.50. The highest BCUT2D eigenvalue weighted by Gasteiger charge is 2.39. The first kappa shape index (κ1) is 25.7. The van der Waals surface area contributed by atoms with E-state index in [9.17, 15) is 9.90 Å². The molecule has 0 atom stereocenters. The van der Waals surface area contributed by atoms with Crippen LogP contribution < -0.4 is 0 Å². The second-order valence-electron chi connectivity index (χ2n) is 10.8. The Kier molecular flexibility index (Phi) is 8.36. The molecule has 0 spiro atoms. The van der Waals surface area contributed by atoms with E-state index in [0.717, 1.165) is 16.7 Å². The van der Waals surface area contributed by atoms with Crippen LogP contribution in [-0.2, 0) is 24.1 Å². The molecule has 180 valence electrons. The molecule has 3 aromatic rings. The molecule has 1 N–H and O–H groups in total. The molecule has 0 saturated heterocycles. The van der Waals surface area contributed by atoms with Gasteiger partial charge in [-0.15, -0.1) is 0 Å². The molecule has 0 aromatic heterocycles. The van der Waals surface area contributed by atoms with E-state index in [1.165, 1.54) is 16.7 Å². The minimum absolute atomic E-state index is 0.456. The van der Waals surface area contributed by atoms with Crippen LogP contribution in [-0.4, -0.2) is 11.1 Å². The molecule has 0 amide bonds. The van der Waals surface area contributed by atoms with Crippen LogP contribution in [0.1, 0.15) is 92.7 Å². The molecule has 0 fully saturated rings. The van der Waals surface area contributed by atoms with Crippen LogP contribution in [0, 0.1) is 5.41 Å². The van der Waals surface area contributed by atoms with Crippen LogP contribution in [0.4, 0.5) is 0 Å². The highest BCUT2D eigenvalue weighted by Crippen LogP contribution is 2.34. The van der Waals surface area contributed by atoms with Crippen molar-refractivity contribution in [2.45, 2.75) is 78.6 Å². The maximum Gasteiger partial charge on any atom is 0.310 e. The van der Waals surface area contributed by atoms with Gasteiger partial charge in [0.1, 0.15) is 0 Å². The summed E-state index contributed by atoms with van der Waals surface area (Å²) in [5, 5.41) is 10.6. The minimum atomic E-state index is -0.919. The molecule has 34 heavy (non-hydrogen) atoms. The summed E-state index contributed by atoms with van der Waals surface area (Å²) in [5.74, 6) is 0.632.